The summed E-state index contributed by atoms with van der Waals surface area (Å²) < 4.78 is 0. The molecule has 0 atom stereocenters. The van der Waals surface area contributed by atoms with Crippen LogP contribution in [0.3, 0.4) is 0 Å². The maximum absolute atomic E-state index is 10.9. The molecule has 0 aliphatic rings. The van der Waals surface area contributed by atoms with E-state index in [1.807, 2.05) is 97.1 Å². The summed E-state index contributed by atoms with van der Waals surface area (Å²) in [6.45, 7) is 6.42. The van der Waals surface area contributed by atoms with Crippen molar-refractivity contribution in [3.8, 4) is 68.1 Å². The van der Waals surface area contributed by atoms with Crippen molar-refractivity contribution < 1.29 is 5.11 Å². The molecule has 7 aromatic rings. The van der Waals surface area contributed by atoms with Crippen molar-refractivity contribution in [1.29, 1.82) is 5.26 Å². The average molecular weight is 598 g/mol. The highest BCUT2D eigenvalue weighted by Gasteiger charge is 2.22. The number of pyridine rings is 2. The van der Waals surface area contributed by atoms with Crippen molar-refractivity contribution in [3.63, 3.8) is 0 Å². The minimum Gasteiger partial charge on any atom is -0.507 e. The molecule has 3 aromatic heterocycles. The number of nitrogens with one attached hydrogen (secondary N) is 1. The largest absolute Gasteiger partial charge is 0.507 e. The van der Waals surface area contributed by atoms with Gasteiger partial charge in [0.1, 0.15) is 11.6 Å². The summed E-state index contributed by atoms with van der Waals surface area (Å²) in [5.74, 6) is 0.705. The number of aromatic amines is 1. The highest BCUT2D eigenvalue weighted by molar-refractivity contribution is 5.99. The zero-order valence-corrected chi connectivity index (χ0v) is 25.8. The third kappa shape index (κ3) is 5.29. The smallest absolute Gasteiger partial charge is 0.142 e. The molecule has 0 aliphatic heterocycles. The molecule has 6 heteroatoms. The number of aromatic nitrogens is 4. The molecule has 46 heavy (non-hydrogen) atoms. The number of hydrogen-bond donors (Lipinski definition) is 2. The lowest BCUT2D eigenvalue weighted by Gasteiger charge is -2.20. The number of fused-ring (bicyclic) bond motifs is 1. The lowest BCUT2D eigenvalue weighted by atomic mass is 9.86. The van der Waals surface area contributed by atoms with Gasteiger partial charge in [0, 0.05) is 17.3 Å². The van der Waals surface area contributed by atoms with Gasteiger partial charge in [-0.05, 0) is 64.1 Å². The van der Waals surface area contributed by atoms with E-state index < -0.39 is 0 Å². The van der Waals surface area contributed by atoms with Gasteiger partial charge in [0.15, 0.2) is 0 Å². The molecule has 0 fully saturated rings. The van der Waals surface area contributed by atoms with Gasteiger partial charge < -0.3 is 10.1 Å². The predicted molar refractivity (Wildman–Crippen MR) is 184 cm³/mol. The van der Waals surface area contributed by atoms with Crippen LogP contribution >= 0.6 is 0 Å². The number of imidazole rings is 1. The van der Waals surface area contributed by atoms with Crippen LogP contribution < -0.4 is 0 Å². The number of hydrogen-bond acceptors (Lipinski definition) is 5. The average Bonchev–Trinajstić information content (AvgIpc) is 3.53. The fourth-order valence-electron chi connectivity index (χ4n) is 5.79. The van der Waals surface area contributed by atoms with Crippen LogP contribution in [0.15, 0.2) is 121 Å². The molecule has 4 aromatic carbocycles. The quantitative estimate of drug-likeness (QED) is 0.206. The maximum Gasteiger partial charge on any atom is 0.142 e. The van der Waals surface area contributed by atoms with Crippen molar-refractivity contribution in [2.75, 3.05) is 0 Å². The summed E-state index contributed by atoms with van der Waals surface area (Å²) in [6.07, 6.45) is 1.77. The normalized spacial score (nSPS) is 11.4. The number of nitriles is 1. The molecule has 2 N–H and O–H groups in total. The van der Waals surface area contributed by atoms with Gasteiger partial charge in [0.05, 0.1) is 45.3 Å². The molecule has 0 amide bonds. The number of para-hydroxylation sites is 1. The van der Waals surface area contributed by atoms with E-state index >= 15 is 0 Å². The maximum atomic E-state index is 10.9. The van der Waals surface area contributed by atoms with Gasteiger partial charge in [-0.25, -0.2) is 9.97 Å². The molecule has 0 spiro atoms. The van der Waals surface area contributed by atoms with Crippen molar-refractivity contribution in [2.24, 2.45) is 0 Å². The number of benzene rings is 4. The SMILES string of the molecule is CC(C)(C)c1ccc(O)c(-c2nc3cccc(-c4nc(-c5cc(-c6ccccc6)ccn5)cc(C#N)c4-c4ccccc4)c3[nH]2)c1. The van der Waals surface area contributed by atoms with Gasteiger partial charge in [0.2, 0.25) is 0 Å². The number of rotatable bonds is 5. The minimum atomic E-state index is -0.103. The summed E-state index contributed by atoms with van der Waals surface area (Å²) >= 11 is 0. The summed E-state index contributed by atoms with van der Waals surface area (Å²) in [5.41, 5.74) is 9.97. The molecule has 3 heterocycles. The first-order chi connectivity index (χ1) is 22.3. The van der Waals surface area contributed by atoms with Crippen LogP contribution in [0, 0.1) is 11.3 Å². The van der Waals surface area contributed by atoms with E-state index in [1.165, 1.54) is 0 Å². The number of aromatic hydroxyl groups is 1. The van der Waals surface area contributed by atoms with Crippen LogP contribution in [0.4, 0.5) is 0 Å². The van der Waals surface area contributed by atoms with E-state index in [0.717, 1.165) is 44.4 Å². The summed E-state index contributed by atoms with van der Waals surface area (Å²) in [7, 11) is 0. The van der Waals surface area contributed by atoms with Gasteiger partial charge >= 0.3 is 0 Å². The molecule has 0 aliphatic carbocycles. The third-order valence-electron chi connectivity index (χ3n) is 8.22. The first kappa shape index (κ1) is 28.7. The second-order valence-corrected chi connectivity index (χ2v) is 12.3. The van der Waals surface area contributed by atoms with E-state index in [-0.39, 0.29) is 11.2 Å². The molecule has 0 unspecified atom stereocenters. The van der Waals surface area contributed by atoms with Crippen LogP contribution in [0.5, 0.6) is 5.75 Å². The molecule has 0 saturated heterocycles. The topological polar surface area (TPSA) is 98.5 Å². The van der Waals surface area contributed by atoms with Crippen LogP contribution in [-0.2, 0) is 5.41 Å². The fourth-order valence-corrected chi connectivity index (χ4v) is 5.79. The third-order valence-corrected chi connectivity index (χ3v) is 8.22. The van der Waals surface area contributed by atoms with Crippen molar-refractivity contribution in [1.82, 2.24) is 19.9 Å². The first-order valence-corrected chi connectivity index (χ1v) is 15.2. The van der Waals surface area contributed by atoms with Gasteiger partial charge in [-0.15, -0.1) is 0 Å². The number of nitrogens with zero attached hydrogens (tertiary/aromatic N) is 4. The number of phenols is 1. The Morgan fingerprint density at radius 3 is 2.15 bits per heavy atom. The van der Waals surface area contributed by atoms with Crippen LogP contribution in [0.25, 0.3) is 67.3 Å². The molecule has 7 rings (SSSR count). The zero-order chi connectivity index (χ0) is 31.8. The highest BCUT2D eigenvalue weighted by atomic mass is 16.3. The summed E-state index contributed by atoms with van der Waals surface area (Å²) in [6, 6.07) is 39.7. The Bertz CT molecular complexity index is 2260. The Morgan fingerprint density at radius 2 is 1.43 bits per heavy atom. The fraction of sp³-hybridized carbons (Fsp3) is 0.100. The van der Waals surface area contributed by atoms with E-state index in [4.69, 9.17) is 9.97 Å². The van der Waals surface area contributed by atoms with Gasteiger partial charge in [-0.1, -0.05) is 99.6 Å². The van der Waals surface area contributed by atoms with Crippen LogP contribution in [0.2, 0.25) is 0 Å². The highest BCUT2D eigenvalue weighted by Crippen LogP contribution is 2.40. The minimum absolute atomic E-state index is 0.103. The second-order valence-electron chi connectivity index (χ2n) is 12.3. The predicted octanol–water partition coefficient (Wildman–Crippen LogP) is 9.56. The van der Waals surface area contributed by atoms with Crippen molar-refractivity contribution in [3.05, 3.63) is 133 Å². The van der Waals surface area contributed by atoms with E-state index in [2.05, 4.69) is 48.9 Å². The van der Waals surface area contributed by atoms with Crippen LogP contribution in [-0.4, -0.2) is 25.0 Å². The van der Waals surface area contributed by atoms with E-state index in [1.54, 1.807) is 12.3 Å². The molecular weight excluding hydrogens is 566 g/mol. The lowest BCUT2D eigenvalue weighted by Crippen LogP contribution is -2.10. The van der Waals surface area contributed by atoms with Gasteiger partial charge in [0.25, 0.3) is 0 Å². The zero-order valence-electron chi connectivity index (χ0n) is 25.8. The monoisotopic (exact) mass is 597 g/mol. The Morgan fingerprint density at radius 1 is 0.696 bits per heavy atom. The Kier molecular flexibility index (Phi) is 7.15. The molecule has 0 saturated carbocycles. The van der Waals surface area contributed by atoms with Gasteiger partial charge in [-0.2, -0.15) is 5.26 Å². The lowest BCUT2D eigenvalue weighted by molar-refractivity contribution is 0.475. The van der Waals surface area contributed by atoms with E-state index in [9.17, 15) is 10.4 Å². The molecular formula is C40H31N5O. The van der Waals surface area contributed by atoms with E-state index in [0.29, 0.717) is 34.0 Å². The Balaban J connectivity index is 1.46. The van der Waals surface area contributed by atoms with Gasteiger partial charge in [-0.3, -0.25) is 4.98 Å². The summed E-state index contributed by atoms with van der Waals surface area (Å²) in [5, 5.41) is 21.4. The molecule has 0 bridgehead atoms. The van der Waals surface area contributed by atoms with Crippen molar-refractivity contribution >= 4 is 11.0 Å². The first-order valence-electron chi connectivity index (χ1n) is 15.2. The van der Waals surface area contributed by atoms with Crippen LogP contribution in [0.1, 0.15) is 31.9 Å². The standard InChI is InChI=1S/C40H31N5O/c1-40(2,3)29-17-18-35(46)31(23-29)39-44-32-16-10-15-30(37(32)45-39)38-36(26-13-8-5-9-14-26)28(24-41)22-34(43-38)33-21-27(19-20-42-33)25-11-6-4-7-12-25/h4-23,46H,1-3H3,(H,44,45). The molecule has 222 valence electrons. The number of phenolic OH excluding ortho intramolecular Hbond substituents is 1. The Labute approximate surface area is 267 Å². The number of H-pyrrole nitrogens is 1. The second kappa shape index (κ2) is 11.5. The molecule has 6 nitrogen and oxygen atoms in total. The molecule has 0 radical (unpaired) electrons. The van der Waals surface area contributed by atoms with Crippen molar-refractivity contribution in [2.45, 2.75) is 26.2 Å². The summed E-state index contributed by atoms with van der Waals surface area (Å²) in [4.78, 5) is 18.3. The Hall–Kier alpha value is -6.06.